The number of anilines is 3. The van der Waals surface area contributed by atoms with E-state index in [9.17, 15) is 9.59 Å². The van der Waals surface area contributed by atoms with Gasteiger partial charge in [0.15, 0.2) is 0 Å². The van der Waals surface area contributed by atoms with E-state index in [0.29, 0.717) is 16.8 Å². The molecule has 2 aliphatic rings. The van der Waals surface area contributed by atoms with E-state index in [1.165, 1.54) is 0 Å². The zero-order chi connectivity index (χ0) is 27.2. The van der Waals surface area contributed by atoms with Crippen molar-refractivity contribution in [3.63, 3.8) is 0 Å². The summed E-state index contributed by atoms with van der Waals surface area (Å²) in [7, 11) is 2.15. The molecule has 0 aromatic heterocycles. The van der Waals surface area contributed by atoms with Crippen LogP contribution in [0.2, 0.25) is 0 Å². The van der Waals surface area contributed by atoms with Crippen LogP contribution in [-0.2, 0) is 11.3 Å². The maximum Gasteiger partial charge on any atom is 0.255 e. The molecule has 2 fully saturated rings. The van der Waals surface area contributed by atoms with Crippen LogP contribution in [0.5, 0.6) is 0 Å². The number of benzene rings is 3. The third-order valence-electron chi connectivity index (χ3n) is 7.44. The van der Waals surface area contributed by atoms with Gasteiger partial charge in [0.1, 0.15) is 0 Å². The lowest BCUT2D eigenvalue weighted by atomic mass is 10.1. The van der Waals surface area contributed by atoms with Gasteiger partial charge in [-0.2, -0.15) is 0 Å². The van der Waals surface area contributed by atoms with Gasteiger partial charge in [0.05, 0.1) is 13.2 Å². The molecule has 2 heterocycles. The van der Waals surface area contributed by atoms with Crippen LogP contribution < -0.4 is 15.5 Å². The van der Waals surface area contributed by atoms with E-state index < -0.39 is 0 Å². The van der Waals surface area contributed by atoms with Gasteiger partial charge in [-0.25, -0.2) is 0 Å². The van der Waals surface area contributed by atoms with Crippen molar-refractivity contribution in [1.82, 2.24) is 9.80 Å². The standard InChI is InChI=1S/C31H37N5O3/c1-23-6-7-26(30(37)32-27-8-10-28(11-9-27)36-16-18-39-19-17-36)21-29(23)33-31(38)25-5-3-4-24(20-25)22-35-14-12-34(2)13-15-35/h3-11,20-21H,12-19,22H2,1-2H3,(H,32,37)(H,33,38). The lowest BCUT2D eigenvalue weighted by Crippen LogP contribution is -2.43. The number of aryl methyl sites for hydroxylation is 1. The smallest absolute Gasteiger partial charge is 0.255 e. The Morgan fingerprint density at radius 1 is 0.795 bits per heavy atom. The van der Waals surface area contributed by atoms with Crippen LogP contribution in [0.1, 0.15) is 31.8 Å². The fraction of sp³-hybridized carbons (Fsp3) is 0.355. The van der Waals surface area contributed by atoms with Crippen molar-refractivity contribution in [3.05, 3.63) is 89.0 Å². The van der Waals surface area contributed by atoms with Gasteiger partial charge in [0.2, 0.25) is 0 Å². The highest BCUT2D eigenvalue weighted by Gasteiger charge is 2.16. The van der Waals surface area contributed by atoms with Gasteiger partial charge in [0.25, 0.3) is 11.8 Å². The fourth-order valence-corrected chi connectivity index (χ4v) is 4.95. The lowest BCUT2D eigenvalue weighted by Gasteiger charge is -2.32. The van der Waals surface area contributed by atoms with E-state index >= 15 is 0 Å². The number of carbonyl (C=O) groups is 2. The number of piperazine rings is 1. The van der Waals surface area contributed by atoms with Gasteiger partial charge in [0, 0.05) is 74.0 Å². The molecule has 39 heavy (non-hydrogen) atoms. The molecule has 204 valence electrons. The Bertz CT molecular complexity index is 1300. The number of hydrogen-bond donors (Lipinski definition) is 2. The largest absolute Gasteiger partial charge is 0.378 e. The highest BCUT2D eigenvalue weighted by Crippen LogP contribution is 2.22. The Balaban J connectivity index is 1.21. The average Bonchev–Trinajstić information content (AvgIpc) is 2.96. The van der Waals surface area contributed by atoms with Gasteiger partial charge in [-0.15, -0.1) is 0 Å². The fourth-order valence-electron chi connectivity index (χ4n) is 4.95. The Morgan fingerprint density at radius 3 is 2.23 bits per heavy atom. The quantitative estimate of drug-likeness (QED) is 0.482. The molecule has 2 amide bonds. The minimum atomic E-state index is -0.223. The molecule has 0 bridgehead atoms. The van der Waals surface area contributed by atoms with Crippen molar-refractivity contribution in [2.75, 3.05) is 75.1 Å². The average molecular weight is 528 g/mol. The maximum atomic E-state index is 13.1. The van der Waals surface area contributed by atoms with Gasteiger partial charge in [-0.1, -0.05) is 18.2 Å². The summed E-state index contributed by atoms with van der Waals surface area (Å²) >= 11 is 0. The Morgan fingerprint density at radius 2 is 1.49 bits per heavy atom. The summed E-state index contributed by atoms with van der Waals surface area (Å²) in [5.41, 5.74) is 5.57. The minimum absolute atomic E-state index is 0.186. The van der Waals surface area contributed by atoms with Crippen LogP contribution in [0.3, 0.4) is 0 Å². The summed E-state index contributed by atoms with van der Waals surface area (Å²) in [5, 5.41) is 5.98. The predicted molar refractivity (Wildman–Crippen MR) is 156 cm³/mol. The molecule has 5 rings (SSSR count). The zero-order valence-corrected chi connectivity index (χ0v) is 22.8. The normalized spacial score (nSPS) is 16.6. The molecular formula is C31H37N5O3. The molecule has 0 atom stereocenters. The van der Waals surface area contributed by atoms with Crippen molar-refractivity contribution in [2.24, 2.45) is 0 Å². The molecule has 8 heteroatoms. The molecule has 8 nitrogen and oxygen atoms in total. The molecular weight excluding hydrogens is 490 g/mol. The maximum absolute atomic E-state index is 13.1. The van der Waals surface area contributed by atoms with Gasteiger partial charge < -0.3 is 25.2 Å². The summed E-state index contributed by atoms with van der Waals surface area (Å²) in [6, 6.07) is 21.0. The minimum Gasteiger partial charge on any atom is -0.378 e. The van der Waals surface area contributed by atoms with Crippen molar-refractivity contribution < 1.29 is 14.3 Å². The van der Waals surface area contributed by atoms with Crippen LogP contribution >= 0.6 is 0 Å². The number of morpholine rings is 1. The molecule has 3 aromatic rings. The van der Waals surface area contributed by atoms with Crippen LogP contribution in [0.15, 0.2) is 66.7 Å². The van der Waals surface area contributed by atoms with Gasteiger partial charge in [-0.3, -0.25) is 14.5 Å². The third kappa shape index (κ3) is 7.03. The number of ether oxygens (including phenoxy) is 1. The Kier molecular flexibility index (Phi) is 8.56. The number of carbonyl (C=O) groups excluding carboxylic acids is 2. The Hall–Kier alpha value is -3.72. The first kappa shape index (κ1) is 26.9. The SMILES string of the molecule is Cc1ccc(C(=O)Nc2ccc(N3CCOCC3)cc2)cc1NC(=O)c1cccc(CN2CCN(C)CC2)c1. The number of rotatable bonds is 7. The van der Waals surface area contributed by atoms with Crippen LogP contribution in [0.25, 0.3) is 0 Å². The van der Waals surface area contributed by atoms with Gasteiger partial charge >= 0.3 is 0 Å². The van der Waals surface area contributed by atoms with Crippen LogP contribution in [0.4, 0.5) is 17.1 Å². The van der Waals surface area contributed by atoms with Crippen molar-refractivity contribution >= 4 is 28.9 Å². The summed E-state index contributed by atoms with van der Waals surface area (Å²) in [4.78, 5) is 33.2. The molecule has 0 spiro atoms. The number of hydrogen-bond acceptors (Lipinski definition) is 6. The number of nitrogens with one attached hydrogen (secondary N) is 2. The van der Waals surface area contributed by atoms with Gasteiger partial charge in [-0.05, 0) is 73.6 Å². The molecule has 2 saturated heterocycles. The van der Waals surface area contributed by atoms with Crippen molar-refractivity contribution in [2.45, 2.75) is 13.5 Å². The van der Waals surface area contributed by atoms with E-state index in [-0.39, 0.29) is 11.8 Å². The Labute approximate surface area is 230 Å². The lowest BCUT2D eigenvalue weighted by molar-refractivity contribution is 0.101. The summed E-state index contributed by atoms with van der Waals surface area (Å²) in [6.07, 6.45) is 0. The van der Waals surface area contributed by atoms with E-state index in [2.05, 4.69) is 38.4 Å². The van der Waals surface area contributed by atoms with E-state index in [1.54, 1.807) is 12.1 Å². The first-order valence-electron chi connectivity index (χ1n) is 13.6. The number of likely N-dealkylation sites (N-methyl/N-ethyl adjacent to an activating group) is 1. The second-order valence-corrected chi connectivity index (χ2v) is 10.4. The summed E-state index contributed by atoms with van der Waals surface area (Å²) in [5.74, 6) is -0.409. The zero-order valence-electron chi connectivity index (χ0n) is 22.8. The molecule has 0 radical (unpaired) electrons. The van der Waals surface area contributed by atoms with E-state index in [1.807, 2.05) is 55.5 Å². The highest BCUT2D eigenvalue weighted by atomic mass is 16.5. The molecule has 0 aliphatic carbocycles. The first-order valence-corrected chi connectivity index (χ1v) is 13.6. The second-order valence-electron chi connectivity index (χ2n) is 10.4. The molecule has 0 saturated carbocycles. The highest BCUT2D eigenvalue weighted by molar-refractivity contribution is 6.07. The topological polar surface area (TPSA) is 77.2 Å². The number of amides is 2. The molecule has 0 unspecified atom stereocenters. The monoisotopic (exact) mass is 527 g/mol. The molecule has 2 N–H and O–H groups in total. The van der Waals surface area contributed by atoms with Crippen molar-refractivity contribution in [1.29, 1.82) is 0 Å². The van der Waals surface area contributed by atoms with Crippen LogP contribution in [0, 0.1) is 6.92 Å². The number of nitrogens with zero attached hydrogens (tertiary/aromatic N) is 3. The second kappa shape index (κ2) is 12.4. The van der Waals surface area contributed by atoms with Crippen LogP contribution in [-0.4, -0.2) is 81.1 Å². The predicted octanol–water partition coefficient (Wildman–Crippen LogP) is 4.08. The molecule has 2 aliphatic heterocycles. The summed E-state index contributed by atoms with van der Waals surface area (Å²) < 4.78 is 5.42. The van der Waals surface area contributed by atoms with Crippen molar-refractivity contribution in [3.8, 4) is 0 Å². The molecule has 3 aromatic carbocycles. The summed E-state index contributed by atoms with van der Waals surface area (Å²) in [6.45, 7) is 10.1. The third-order valence-corrected chi connectivity index (χ3v) is 7.44. The first-order chi connectivity index (χ1) is 18.9. The van der Waals surface area contributed by atoms with E-state index in [4.69, 9.17) is 4.74 Å². The van der Waals surface area contributed by atoms with E-state index in [0.717, 1.165) is 81.5 Å².